The smallest absolute Gasteiger partial charge is 0.265 e. The summed E-state index contributed by atoms with van der Waals surface area (Å²) in [5.74, 6) is 0.0192. The molecule has 0 aliphatic heterocycles. The maximum atomic E-state index is 13.0. The Morgan fingerprint density at radius 2 is 1.79 bits per heavy atom. The molecule has 0 saturated carbocycles. The fraction of sp³-hybridized carbons (Fsp3) is 0.360. The van der Waals surface area contributed by atoms with Gasteiger partial charge in [-0.25, -0.2) is 0 Å². The molecular weight excluding hydrogens is 436 g/mol. The summed E-state index contributed by atoms with van der Waals surface area (Å²) >= 11 is 1.10. The van der Waals surface area contributed by atoms with Crippen molar-refractivity contribution in [3.05, 3.63) is 69.8 Å². The number of rotatable bonds is 8. The van der Waals surface area contributed by atoms with Gasteiger partial charge in [0, 0.05) is 11.9 Å². The normalized spacial score (nSPS) is 11.2. The number of aromatic hydroxyl groups is 1. The van der Waals surface area contributed by atoms with E-state index >= 15 is 0 Å². The summed E-state index contributed by atoms with van der Waals surface area (Å²) in [4.78, 5) is 34.3. The number of hydrogen-bond acceptors (Lipinski definition) is 6. The molecule has 174 valence electrons. The van der Waals surface area contributed by atoms with Gasteiger partial charge in [-0.05, 0) is 41.5 Å². The second-order valence-electron chi connectivity index (χ2n) is 8.36. The molecule has 33 heavy (non-hydrogen) atoms. The summed E-state index contributed by atoms with van der Waals surface area (Å²) in [7, 11) is 0. The third-order valence-corrected chi connectivity index (χ3v) is 6.29. The second-order valence-corrected chi connectivity index (χ2v) is 9.30. The molecule has 3 rings (SSSR count). The number of hydrogen-bond donors (Lipinski definition) is 2. The zero-order valence-corrected chi connectivity index (χ0v) is 20.4. The number of carbonyl (C=O) groups excluding carboxylic acids is 1. The SMILES string of the molecule is CCc1c(O)nc(SCC(=O)Nc2c(C(C)C)cccc2C(C)C)n(-c2cccnc2)c1=O. The predicted molar refractivity (Wildman–Crippen MR) is 133 cm³/mol. The monoisotopic (exact) mass is 466 g/mol. The average molecular weight is 467 g/mol. The van der Waals surface area contributed by atoms with E-state index in [1.165, 1.54) is 4.57 Å². The van der Waals surface area contributed by atoms with Crippen molar-refractivity contribution in [3.63, 3.8) is 0 Å². The molecule has 0 bridgehead atoms. The van der Waals surface area contributed by atoms with Crippen LogP contribution in [-0.2, 0) is 11.2 Å². The van der Waals surface area contributed by atoms with Gasteiger partial charge in [0.25, 0.3) is 5.56 Å². The molecule has 2 aromatic heterocycles. The summed E-state index contributed by atoms with van der Waals surface area (Å²) in [6.45, 7) is 10.2. The molecule has 2 N–H and O–H groups in total. The molecule has 1 amide bonds. The first-order valence-electron chi connectivity index (χ1n) is 11.0. The lowest BCUT2D eigenvalue weighted by Crippen LogP contribution is -2.26. The Kier molecular flexibility index (Phi) is 7.92. The molecule has 0 aliphatic carbocycles. The fourth-order valence-electron chi connectivity index (χ4n) is 3.65. The summed E-state index contributed by atoms with van der Waals surface area (Å²) in [5.41, 5.74) is 3.38. The van der Waals surface area contributed by atoms with Crippen LogP contribution < -0.4 is 10.9 Å². The molecule has 8 heteroatoms. The molecule has 0 aliphatic rings. The number of benzene rings is 1. The van der Waals surface area contributed by atoms with Gasteiger partial charge in [0.05, 0.1) is 23.2 Å². The highest BCUT2D eigenvalue weighted by molar-refractivity contribution is 7.99. The van der Waals surface area contributed by atoms with Gasteiger partial charge in [-0.2, -0.15) is 4.98 Å². The fourth-order valence-corrected chi connectivity index (χ4v) is 4.45. The van der Waals surface area contributed by atoms with Crippen LogP contribution in [0.25, 0.3) is 5.69 Å². The van der Waals surface area contributed by atoms with E-state index in [0.717, 1.165) is 28.6 Å². The van der Waals surface area contributed by atoms with Crippen molar-refractivity contribution in [2.75, 3.05) is 11.1 Å². The summed E-state index contributed by atoms with van der Waals surface area (Å²) in [6.07, 6.45) is 3.51. The molecule has 1 aromatic carbocycles. The van der Waals surface area contributed by atoms with E-state index in [1.807, 2.05) is 18.2 Å². The highest BCUT2D eigenvalue weighted by Crippen LogP contribution is 2.32. The molecule has 3 aromatic rings. The van der Waals surface area contributed by atoms with Crippen LogP contribution in [0.3, 0.4) is 0 Å². The van der Waals surface area contributed by atoms with Gasteiger partial charge in [0.2, 0.25) is 11.8 Å². The van der Waals surface area contributed by atoms with Crippen molar-refractivity contribution >= 4 is 23.4 Å². The highest BCUT2D eigenvalue weighted by Gasteiger charge is 2.20. The molecule has 0 spiro atoms. The first-order valence-corrected chi connectivity index (χ1v) is 12.0. The Morgan fingerprint density at radius 3 is 2.33 bits per heavy atom. The predicted octanol–water partition coefficient (Wildman–Crippen LogP) is 4.87. The molecule has 0 fully saturated rings. The molecule has 0 atom stereocenters. The number of nitrogens with zero attached hydrogens (tertiary/aromatic N) is 3. The van der Waals surface area contributed by atoms with Crippen molar-refractivity contribution in [2.24, 2.45) is 0 Å². The van der Waals surface area contributed by atoms with E-state index in [0.29, 0.717) is 12.1 Å². The maximum Gasteiger partial charge on any atom is 0.265 e. The average Bonchev–Trinajstić information content (AvgIpc) is 2.78. The van der Waals surface area contributed by atoms with E-state index < -0.39 is 0 Å². The molecule has 7 nitrogen and oxygen atoms in total. The molecular formula is C25H30N4O3S. The minimum atomic E-state index is -0.367. The Balaban J connectivity index is 1.91. The number of para-hydroxylation sites is 1. The van der Waals surface area contributed by atoms with Gasteiger partial charge in [-0.15, -0.1) is 0 Å². The van der Waals surface area contributed by atoms with Crippen LogP contribution in [-0.4, -0.2) is 31.3 Å². The summed E-state index contributed by atoms with van der Waals surface area (Å²) < 4.78 is 1.39. The largest absolute Gasteiger partial charge is 0.493 e. The molecule has 2 heterocycles. The van der Waals surface area contributed by atoms with E-state index in [4.69, 9.17) is 0 Å². The van der Waals surface area contributed by atoms with Crippen LogP contribution >= 0.6 is 11.8 Å². The number of aromatic nitrogens is 3. The first kappa shape index (κ1) is 24.5. The van der Waals surface area contributed by atoms with Gasteiger partial charge in [0.1, 0.15) is 0 Å². The first-order chi connectivity index (χ1) is 15.7. The van der Waals surface area contributed by atoms with Gasteiger partial charge < -0.3 is 10.4 Å². The number of amides is 1. The van der Waals surface area contributed by atoms with E-state index in [9.17, 15) is 14.7 Å². The lowest BCUT2D eigenvalue weighted by Gasteiger charge is -2.20. The number of carbonyl (C=O) groups is 1. The van der Waals surface area contributed by atoms with E-state index in [-0.39, 0.29) is 45.7 Å². The molecule has 0 saturated heterocycles. The van der Waals surface area contributed by atoms with E-state index in [2.05, 4.69) is 43.0 Å². The standard InChI is InChI=1S/C25H30N4O3S/c1-6-18-23(31)28-25(29(24(18)32)17-9-8-12-26-13-17)33-14-21(30)27-22-19(15(2)3)10-7-11-20(22)16(4)5/h7-13,15-16,31H,6,14H2,1-5H3,(H,27,30). The second kappa shape index (κ2) is 10.7. The van der Waals surface area contributed by atoms with Crippen molar-refractivity contribution < 1.29 is 9.90 Å². The number of nitrogens with one attached hydrogen (secondary N) is 1. The summed E-state index contributed by atoms with van der Waals surface area (Å²) in [6, 6.07) is 9.54. The van der Waals surface area contributed by atoms with Crippen LogP contribution in [0, 0.1) is 0 Å². The third-order valence-electron chi connectivity index (χ3n) is 5.35. The van der Waals surface area contributed by atoms with Crippen molar-refractivity contribution in [1.82, 2.24) is 14.5 Å². The number of thioether (sulfide) groups is 1. The minimum Gasteiger partial charge on any atom is -0.493 e. The van der Waals surface area contributed by atoms with Crippen LogP contribution in [0.4, 0.5) is 5.69 Å². The van der Waals surface area contributed by atoms with Crippen LogP contribution in [0.2, 0.25) is 0 Å². The quantitative estimate of drug-likeness (QED) is 0.363. The summed E-state index contributed by atoms with van der Waals surface area (Å²) in [5, 5.41) is 13.6. The highest BCUT2D eigenvalue weighted by atomic mass is 32.2. The Bertz CT molecular complexity index is 1160. The zero-order valence-electron chi connectivity index (χ0n) is 19.6. The topological polar surface area (TPSA) is 97.1 Å². The van der Waals surface area contributed by atoms with Crippen molar-refractivity contribution in [1.29, 1.82) is 0 Å². The Hall–Kier alpha value is -3.13. The lowest BCUT2D eigenvalue weighted by molar-refractivity contribution is -0.113. The van der Waals surface area contributed by atoms with Crippen LogP contribution in [0.15, 0.2) is 52.7 Å². The maximum absolute atomic E-state index is 13.0. The molecule has 0 radical (unpaired) electrons. The number of anilines is 1. The third kappa shape index (κ3) is 5.45. The number of pyridine rings is 1. The Labute approximate surface area is 198 Å². The minimum absolute atomic E-state index is 0.0293. The Morgan fingerprint density at radius 1 is 1.12 bits per heavy atom. The van der Waals surface area contributed by atoms with Crippen LogP contribution in [0.1, 0.15) is 63.1 Å². The van der Waals surface area contributed by atoms with Gasteiger partial charge >= 0.3 is 0 Å². The van der Waals surface area contributed by atoms with Crippen molar-refractivity contribution in [2.45, 2.75) is 58.0 Å². The lowest BCUT2D eigenvalue weighted by atomic mass is 9.92. The molecule has 0 unspecified atom stereocenters. The van der Waals surface area contributed by atoms with E-state index in [1.54, 1.807) is 31.5 Å². The zero-order chi connectivity index (χ0) is 24.1. The van der Waals surface area contributed by atoms with Gasteiger partial charge in [-0.3, -0.25) is 19.1 Å². The van der Waals surface area contributed by atoms with Crippen molar-refractivity contribution in [3.8, 4) is 11.6 Å². The van der Waals surface area contributed by atoms with Gasteiger partial charge in [-0.1, -0.05) is 64.6 Å². The van der Waals surface area contributed by atoms with Gasteiger partial charge in [0.15, 0.2) is 5.16 Å². The van der Waals surface area contributed by atoms with Crippen LogP contribution in [0.5, 0.6) is 5.88 Å².